The Morgan fingerprint density at radius 3 is 1.94 bits per heavy atom. The lowest BCUT2D eigenvalue weighted by molar-refractivity contribution is -0.140. The van der Waals surface area contributed by atoms with Gasteiger partial charge in [0.05, 0.1) is 0 Å². The molecule has 7 heteroatoms. The van der Waals surface area contributed by atoms with Crippen molar-refractivity contribution in [3.8, 4) is 0 Å². The predicted molar refractivity (Wildman–Crippen MR) is 61.2 cm³/mol. The fraction of sp³-hybridized carbons (Fsp3) is 0.889. The smallest absolute Gasteiger partial charge is 0.322 e. The molecule has 0 bridgehead atoms. The molecule has 0 spiro atoms. The first-order valence-electron chi connectivity index (χ1n) is 5.07. The summed E-state index contributed by atoms with van der Waals surface area (Å²) >= 11 is 0. The van der Waals surface area contributed by atoms with Crippen molar-refractivity contribution < 1.29 is 18.3 Å². The van der Waals surface area contributed by atoms with Crippen LogP contribution in [0.2, 0.25) is 0 Å². The molecule has 0 fully saturated rings. The number of hydrogen-bond acceptors (Lipinski definition) is 3. The highest BCUT2D eigenvalue weighted by molar-refractivity contribution is 7.87. The summed E-state index contributed by atoms with van der Waals surface area (Å²) in [7, 11) is -2.34. The van der Waals surface area contributed by atoms with E-state index in [9.17, 15) is 13.2 Å². The zero-order valence-electron chi connectivity index (χ0n) is 10.3. The van der Waals surface area contributed by atoms with Gasteiger partial charge in [0.25, 0.3) is 10.2 Å². The lowest BCUT2D eigenvalue weighted by Crippen LogP contribution is -2.50. The van der Waals surface area contributed by atoms with Gasteiger partial charge < -0.3 is 5.11 Å². The van der Waals surface area contributed by atoms with Gasteiger partial charge in [-0.3, -0.25) is 4.79 Å². The van der Waals surface area contributed by atoms with Crippen molar-refractivity contribution >= 4 is 16.2 Å². The molecule has 0 aromatic rings. The summed E-state index contributed by atoms with van der Waals surface area (Å²) in [4.78, 5) is 10.9. The zero-order valence-corrected chi connectivity index (χ0v) is 11.1. The van der Waals surface area contributed by atoms with Gasteiger partial charge in [0, 0.05) is 13.1 Å². The van der Waals surface area contributed by atoms with Crippen molar-refractivity contribution in [1.82, 2.24) is 9.03 Å². The van der Waals surface area contributed by atoms with Crippen LogP contribution in [0.1, 0.15) is 27.7 Å². The molecule has 0 aliphatic heterocycles. The number of aliphatic carboxylic acids is 1. The molecule has 0 heterocycles. The molecule has 0 unspecified atom stereocenters. The maximum absolute atomic E-state index is 11.7. The Labute approximate surface area is 96.8 Å². The minimum absolute atomic E-state index is 0.223. The van der Waals surface area contributed by atoms with Gasteiger partial charge in [0.1, 0.15) is 6.04 Å². The van der Waals surface area contributed by atoms with Crippen molar-refractivity contribution in [2.45, 2.75) is 39.8 Å². The van der Waals surface area contributed by atoms with Gasteiger partial charge in [-0.15, -0.1) is 0 Å². The highest BCUT2D eigenvalue weighted by Gasteiger charge is 2.30. The van der Waals surface area contributed by atoms with E-state index in [1.54, 1.807) is 27.7 Å². The quantitative estimate of drug-likeness (QED) is 0.710. The minimum atomic E-state index is -3.75. The second kappa shape index (κ2) is 5.60. The molecular formula is C9H20N2O4S. The van der Waals surface area contributed by atoms with E-state index in [0.717, 1.165) is 4.31 Å². The summed E-state index contributed by atoms with van der Waals surface area (Å²) in [5.74, 6) is -1.48. The average molecular weight is 252 g/mol. The summed E-state index contributed by atoms with van der Waals surface area (Å²) in [5, 5.41) is 8.88. The van der Waals surface area contributed by atoms with Crippen LogP contribution in [0.3, 0.4) is 0 Å². The first-order valence-corrected chi connectivity index (χ1v) is 6.51. The number of carbonyl (C=O) groups is 1. The van der Waals surface area contributed by atoms with E-state index in [4.69, 9.17) is 5.11 Å². The molecule has 0 rings (SSSR count). The van der Waals surface area contributed by atoms with Crippen LogP contribution in [-0.2, 0) is 15.0 Å². The first kappa shape index (κ1) is 15.3. The van der Waals surface area contributed by atoms with Crippen LogP contribution < -0.4 is 4.72 Å². The normalized spacial score (nSPS) is 14.8. The molecule has 0 saturated carbocycles. The van der Waals surface area contributed by atoms with Gasteiger partial charge >= 0.3 is 5.97 Å². The summed E-state index contributed by atoms with van der Waals surface area (Å²) in [6.45, 7) is 6.72. The maximum Gasteiger partial charge on any atom is 0.322 e. The summed E-state index contributed by atoms with van der Waals surface area (Å²) in [5.41, 5.74) is 0. The van der Waals surface area contributed by atoms with Crippen LogP contribution in [0.5, 0.6) is 0 Å². The molecule has 16 heavy (non-hydrogen) atoms. The Morgan fingerprint density at radius 2 is 1.69 bits per heavy atom. The summed E-state index contributed by atoms with van der Waals surface area (Å²) in [6.07, 6.45) is 0. The first-order chi connectivity index (χ1) is 7.09. The van der Waals surface area contributed by atoms with Crippen LogP contribution in [-0.4, -0.2) is 42.9 Å². The molecule has 0 saturated heterocycles. The fourth-order valence-corrected chi connectivity index (χ4v) is 2.41. The van der Waals surface area contributed by atoms with E-state index >= 15 is 0 Å². The van der Waals surface area contributed by atoms with Crippen LogP contribution in [0.15, 0.2) is 0 Å². The monoisotopic (exact) mass is 252 g/mol. The van der Waals surface area contributed by atoms with Crippen LogP contribution in [0.25, 0.3) is 0 Å². The van der Waals surface area contributed by atoms with E-state index < -0.39 is 22.2 Å². The molecule has 0 aliphatic carbocycles. The number of carboxylic acids is 1. The number of rotatable bonds is 6. The Kier molecular flexibility index (Phi) is 5.37. The third kappa shape index (κ3) is 4.07. The number of nitrogens with one attached hydrogen (secondary N) is 1. The van der Waals surface area contributed by atoms with E-state index in [2.05, 4.69) is 4.72 Å². The zero-order chi connectivity index (χ0) is 13.1. The highest BCUT2D eigenvalue weighted by atomic mass is 32.2. The third-order valence-corrected chi connectivity index (χ3v) is 4.05. The summed E-state index contributed by atoms with van der Waals surface area (Å²) < 4.78 is 26.8. The van der Waals surface area contributed by atoms with E-state index in [1.807, 2.05) is 0 Å². The maximum atomic E-state index is 11.7. The molecule has 0 radical (unpaired) electrons. The van der Waals surface area contributed by atoms with Gasteiger partial charge in [-0.2, -0.15) is 17.4 Å². The van der Waals surface area contributed by atoms with Crippen LogP contribution in [0, 0.1) is 5.92 Å². The highest BCUT2D eigenvalue weighted by Crippen LogP contribution is 2.07. The molecule has 0 aliphatic rings. The molecule has 0 amide bonds. The summed E-state index contributed by atoms with van der Waals surface area (Å²) in [6, 6.07) is -1.33. The molecule has 96 valence electrons. The third-order valence-electron chi connectivity index (χ3n) is 2.31. The van der Waals surface area contributed by atoms with Crippen LogP contribution >= 0.6 is 0 Å². The Hall–Kier alpha value is -0.660. The van der Waals surface area contributed by atoms with E-state index in [0.29, 0.717) is 0 Å². The van der Waals surface area contributed by atoms with Crippen molar-refractivity contribution in [3.05, 3.63) is 0 Å². The molecule has 1 atom stereocenters. The Morgan fingerprint density at radius 1 is 1.25 bits per heavy atom. The SMILES string of the molecule is CC(C)[C@@H](NS(=O)(=O)N(C)C(C)C)C(=O)O. The van der Waals surface area contributed by atoms with Crippen molar-refractivity contribution in [2.24, 2.45) is 5.92 Å². The topological polar surface area (TPSA) is 86.7 Å². The van der Waals surface area contributed by atoms with Gasteiger partial charge in [0.15, 0.2) is 0 Å². The molecule has 2 N–H and O–H groups in total. The van der Waals surface area contributed by atoms with Gasteiger partial charge in [-0.25, -0.2) is 0 Å². The van der Waals surface area contributed by atoms with Gasteiger partial charge in [-0.1, -0.05) is 13.8 Å². The molecule has 0 aromatic heterocycles. The lowest BCUT2D eigenvalue weighted by Gasteiger charge is -2.25. The number of hydrogen-bond donors (Lipinski definition) is 2. The van der Waals surface area contributed by atoms with Gasteiger partial charge in [0.2, 0.25) is 0 Å². The molecule has 6 nitrogen and oxygen atoms in total. The number of nitrogens with zero attached hydrogens (tertiary/aromatic N) is 1. The van der Waals surface area contributed by atoms with Crippen LogP contribution in [0.4, 0.5) is 0 Å². The van der Waals surface area contributed by atoms with Crippen molar-refractivity contribution in [3.63, 3.8) is 0 Å². The minimum Gasteiger partial charge on any atom is -0.480 e. The largest absolute Gasteiger partial charge is 0.480 e. The van der Waals surface area contributed by atoms with E-state index in [-0.39, 0.29) is 12.0 Å². The van der Waals surface area contributed by atoms with Gasteiger partial charge in [-0.05, 0) is 19.8 Å². The molecule has 0 aromatic carbocycles. The Balaban J connectivity index is 4.88. The fourth-order valence-electron chi connectivity index (χ4n) is 0.993. The van der Waals surface area contributed by atoms with Crippen molar-refractivity contribution in [2.75, 3.05) is 7.05 Å². The average Bonchev–Trinajstić information content (AvgIpc) is 2.11. The lowest BCUT2D eigenvalue weighted by atomic mass is 10.1. The second-order valence-corrected chi connectivity index (χ2v) is 6.05. The molecular weight excluding hydrogens is 232 g/mol. The Bertz CT molecular complexity index is 337. The van der Waals surface area contributed by atoms with Crippen molar-refractivity contribution in [1.29, 1.82) is 0 Å². The second-order valence-electron chi connectivity index (χ2n) is 4.29. The standard InChI is InChI=1S/C9H20N2O4S/c1-6(2)8(9(12)13)10-16(14,15)11(5)7(3)4/h6-8,10H,1-5H3,(H,12,13)/t8-/m1/s1. The van der Waals surface area contributed by atoms with E-state index in [1.165, 1.54) is 7.05 Å². The predicted octanol–water partition coefficient (Wildman–Crippen LogP) is 0.270. The number of carboxylic acid groups (broad SMARTS) is 1.